The largest absolute Gasteiger partial charge is 0.473 e. The summed E-state index contributed by atoms with van der Waals surface area (Å²) in [6, 6.07) is 16.3. The van der Waals surface area contributed by atoms with Gasteiger partial charge in [-0.05, 0) is 68.8 Å². The molecule has 3 fully saturated rings. The van der Waals surface area contributed by atoms with Gasteiger partial charge in [0.15, 0.2) is 0 Å². The number of carbonyl (C=O) groups excluding carboxylic acids is 1. The lowest BCUT2D eigenvalue weighted by atomic mass is 9.93. The van der Waals surface area contributed by atoms with Crippen molar-refractivity contribution in [2.24, 2.45) is 5.92 Å². The first-order valence-electron chi connectivity index (χ1n) is 15.2. The van der Waals surface area contributed by atoms with Crippen molar-refractivity contribution in [3.05, 3.63) is 82.5 Å². The quantitative estimate of drug-likeness (QED) is 0.249. The van der Waals surface area contributed by atoms with E-state index >= 15 is 0 Å². The summed E-state index contributed by atoms with van der Waals surface area (Å²) >= 11 is 5.86. The number of rotatable bonds is 10. The number of ether oxygens (including phenoxy) is 3. The molecule has 1 N–H and O–H groups in total. The van der Waals surface area contributed by atoms with Crippen LogP contribution < -0.4 is 10.1 Å². The highest BCUT2D eigenvalue weighted by atomic mass is 35.5. The molecule has 0 radical (unpaired) electrons. The van der Waals surface area contributed by atoms with Gasteiger partial charge in [0.2, 0.25) is 11.8 Å². The van der Waals surface area contributed by atoms with Crippen molar-refractivity contribution < 1.29 is 23.4 Å². The highest BCUT2D eigenvalue weighted by molar-refractivity contribution is 6.30. The number of carbonyl (C=O) groups is 1. The minimum atomic E-state index is -0.388. The van der Waals surface area contributed by atoms with Crippen LogP contribution in [0.3, 0.4) is 0 Å². The van der Waals surface area contributed by atoms with Gasteiger partial charge < -0.3 is 24.1 Å². The molecule has 1 atom stereocenters. The third-order valence-corrected chi connectivity index (χ3v) is 9.03. The lowest BCUT2D eigenvalue weighted by molar-refractivity contribution is -0.133. The summed E-state index contributed by atoms with van der Waals surface area (Å²) in [5, 5.41) is 3.37. The molecule has 0 spiro atoms. The normalized spacial score (nSPS) is 19.5. The Hall–Kier alpha value is -3.57. The van der Waals surface area contributed by atoms with Crippen LogP contribution >= 0.6 is 11.6 Å². The van der Waals surface area contributed by atoms with Crippen LogP contribution in [0.2, 0.25) is 5.02 Å². The van der Waals surface area contributed by atoms with Crippen molar-refractivity contribution in [1.82, 2.24) is 19.4 Å². The van der Waals surface area contributed by atoms with Crippen LogP contribution in [0.5, 0.6) is 5.88 Å². The molecule has 11 heteroatoms. The van der Waals surface area contributed by atoms with Crippen LogP contribution in [0, 0.1) is 11.7 Å². The number of benzene rings is 2. The maximum atomic E-state index is 14.2. The summed E-state index contributed by atoms with van der Waals surface area (Å²) in [6.45, 7) is 5.19. The Labute approximate surface area is 260 Å². The van der Waals surface area contributed by atoms with E-state index in [9.17, 15) is 9.18 Å². The van der Waals surface area contributed by atoms with Gasteiger partial charge in [0.1, 0.15) is 18.2 Å². The highest BCUT2D eigenvalue weighted by Crippen LogP contribution is 2.30. The van der Waals surface area contributed by atoms with Gasteiger partial charge in [-0.1, -0.05) is 23.7 Å². The van der Waals surface area contributed by atoms with Crippen molar-refractivity contribution >= 4 is 34.2 Å². The molecule has 1 amide bonds. The SMILES string of the molecule is O=C(Nc1ccc2c(c1)nc(CN1CCC(c3cccc(OCc4ccc(Cl)cc4F)n3)CC1)n2C[C@@H]1CCO1)C1COC1. The van der Waals surface area contributed by atoms with Gasteiger partial charge >= 0.3 is 0 Å². The summed E-state index contributed by atoms with van der Waals surface area (Å²) in [5.41, 5.74) is 4.11. The van der Waals surface area contributed by atoms with Crippen molar-refractivity contribution in [1.29, 1.82) is 0 Å². The van der Waals surface area contributed by atoms with Crippen molar-refractivity contribution in [3.8, 4) is 5.88 Å². The number of amides is 1. The van der Waals surface area contributed by atoms with Crippen LogP contribution in [-0.2, 0) is 34.0 Å². The van der Waals surface area contributed by atoms with E-state index in [1.165, 1.54) is 6.07 Å². The third-order valence-electron chi connectivity index (χ3n) is 8.79. The molecule has 44 heavy (non-hydrogen) atoms. The lowest BCUT2D eigenvalue weighted by Gasteiger charge is -2.32. The van der Waals surface area contributed by atoms with Gasteiger partial charge in [0.25, 0.3) is 0 Å². The average molecular weight is 620 g/mol. The summed E-state index contributed by atoms with van der Waals surface area (Å²) in [6.07, 6.45) is 3.18. The van der Waals surface area contributed by atoms with Gasteiger partial charge in [-0.2, -0.15) is 0 Å². The molecule has 0 bridgehead atoms. The second kappa shape index (κ2) is 12.8. The molecule has 4 aromatic rings. The van der Waals surface area contributed by atoms with Gasteiger partial charge in [-0.15, -0.1) is 0 Å². The van der Waals surface area contributed by atoms with Crippen molar-refractivity contribution in [2.75, 3.05) is 38.2 Å². The standard InChI is InChI=1S/C33H35ClFN5O4/c34-24-5-4-22(27(35)14-24)20-44-32-3-1-2-28(38-32)21-8-11-39(12-9-21)17-31-37-29-15-25(36-33(41)23-18-42-19-23)6-7-30(29)40(31)16-26-10-13-43-26/h1-7,14-15,21,23,26H,8-13,16-20H2,(H,36,41)/t26-/m0/s1. The smallest absolute Gasteiger partial charge is 0.232 e. The monoisotopic (exact) mass is 619 g/mol. The average Bonchev–Trinajstić information content (AvgIpc) is 3.29. The Balaban J connectivity index is 0.999. The second-order valence-corrected chi connectivity index (χ2v) is 12.3. The van der Waals surface area contributed by atoms with E-state index in [4.69, 9.17) is 35.8 Å². The third kappa shape index (κ3) is 6.44. The first-order valence-corrected chi connectivity index (χ1v) is 15.6. The van der Waals surface area contributed by atoms with Crippen molar-refractivity contribution in [3.63, 3.8) is 0 Å². The number of aromatic nitrogens is 3. The molecule has 7 rings (SSSR count). The van der Waals surface area contributed by atoms with Gasteiger partial charge in [-0.3, -0.25) is 9.69 Å². The van der Waals surface area contributed by atoms with E-state index in [0.29, 0.717) is 35.6 Å². The predicted molar refractivity (Wildman–Crippen MR) is 164 cm³/mol. The number of hydrogen-bond acceptors (Lipinski definition) is 7. The topological polar surface area (TPSA) is 90.7 Å². The number of likely N-dealkylation sites (tertiary alicyclic amines) is 1. The minimum absolute atomic E-state index is 0.0111. The maximum absolute atomic E-state index is 14.2. The first-order chi connectivity index (χ1) is 21.5. The number of hydrogen-bond donors (Lipinski definition) is 1. The second-order valence-electron chi connectivity index (χ2n) is 11.8. The zero-order valence-corrected chi connectivity index (χ0v) is 25.1. The number of nitrogens with one attached hydrogen (secondary N) is 1. The van der Waals surface area contributed by atoms with Crippen LogP contribution in [-0.4, -0.2) is 64.4 Å². The summed E-state index contributed by atoms with van der Waals surface area (Å²) in [7, 11) is 0. The molecule has 9 nitrogen and oxygen atoms in total. The van der Waals surface area contributed by atoms with E-state index in [0.717, 1.165) is 80.3 Å². The molecule has 0 aliphatic carbocycles. The number of anilines is 1. The molecular weight excluding hydrogens is 585 g/mol. The lowest BCUT2D eigenvalue weighted by Crippen LogP contribution is -2.38. The predicted octanol–water partition coefficient (Wildman–Crippen LogP) is 5.56. The number of piperidine rings is 1. The number of pyridine rings is 1. The Morgan fingerprint density at radius 2 is 1.91 bits per heavy atom. The fraction of sp³-hybridized carbons (Fsp3) is 0.424. The molecule has 3 aliphatic rings. The molecule has 2 aromatic carbocycles. The Kier molecular flexibility index (Phi) is 8.49. The van der Waals surface area contributed by atoms with Crippen LogP contribution in [0.25, 0.3) is 11.0 Å². The Bertz CT molecular complexity index is 1650. The zero-order valence-electron chi connectivity index (χ0n) is 24.4. The number of nitrogens with zero attached hydrogens (tertiary/aromatic N) is 4. The molecule has 5 heterocycles. The summed E-state index contributed by atoms with van der Waals surface area (Å²) in [5.74, 6) is 1.33. The molecule has 3 saturated heterocycles. The van der Waals surface area contributed by atoms with E-state index < -0.39 is 0 Å². The highest BCUT2D eigenvalue weighted by Gasteiger charge is 2.28. The molecule has 0 unspecified atom stereocenters. The van der Waals surface area contributed by atoms with Gasteiger partial charge in [0, 0.05) is 40.6 Å². The maximum Gasteiger partial charge on any atom is 0.232 e. The van der Waals surface area contributed by atoms with Crippen LogP contribution in [0.15, 0.2) is 54.6 Å². The number of imidazole rings is 1. The molecule has 230 valence electrons. The van der Waals surface area contributed by atoms with Gasteiger partial charge in [0.05, 0.1) is 49.4 Å². The molecule has 2 aromatic heterocycles. The molecule has 0 saturated carbocycles. The first kappa shape index (κ1) is 29.2. The van der Waals surface area contributed by atoms with Crippen LogP contribution in [0.4, 0.5) is 10.1 Å². The van der Waals surface area contributed by atoms with E-state index in [1.54, 1.807) is 18.2 Å². The van der Waals surface area contributed by atoms with Crippen LogP contribution in [0.1, 0.15) is 42.3 Å². The fourth-order valence-corrected chi connectivity index (χ4v) is 6.12. The fourth-order valence-electron chi connectivity index (χ4n) is 5.96. The number of halogens is 2. The minimum Gasteiger partial charge on any atom is -0.473 e. The number of fused-ring (bicyclic) bond motifs is 1. The zero-order chi connectivity index (χ0) is 30.0. The van der Waals surface area contributed by atoms with E-state index in [-0.39, 0.29) is 30.4 Å². The summed E-state index contributed by atoms with van der Waals surface area (Å²) in [4.78, 5) is 24.7. The van der Waals surface area contributed by atoms with Crippen molar-refractivity contribution in [2.45, 2.75) is 51.0 Å². The molecular formula is C33H35ClFN5O4. The van der Waals surface area contributed by atoms with E-state index in [1.807, 2.05) is 30.3 Å². The summed E-state index contributed by atoms with van der Waals surface area (Å²) < 4.78 is 33.2. The Morgan fingerprint density at radius 3 is 2.64 bits per heavy atom. The Morgan fingerprint density at radius 1 is 1.07 bits per heavy atom. The van der Waals surface area contributed by atoms with Gasteiger partial charge in [-0.25, -0.2) is 14.4 Å². The van der Waals surface area contributed by atoms with E-state index in [2.05, 4.69) is 14.8 Å². The molecule has 3 aliphatic heterocycles.